The van der Waals surface area contributed by atoms with Crippen molar-refractivity contribution in [3.05, 3.63) is 28.8 Å². The van der Waals surface area contributed by atoms with Crippen molar-refractivity contribution in [2.45, 2.75) is 27.5 Å². The zero-order valence-electron chi connectivity index (χ0n) is 7.82. The minimum absolute atomic E-state index is 0. The molecule has 0 aliphatic heterocycles. The number of halogens is 4. The highest BCUT2D eigenvalue weighted by Crippen LogP contribution is 2.32. The summed E-state index contributed by atoms with van der Waals surface area (Å²) in [7, 11) is 0. The molecule has 1 aromatic carbocycles. The highest BCUT2D eigenvalue weighted by atomic mass is 35.5. The maximum absolute atomic E-state index is 12.0. The Hall–Kier alpha value is -0.900. The predicted octanol–water partition coefficient (Wildman–Crippen LogP) is 4.60. The van der Waals surface area contributed by atoms with E-state index in [1.54, 1.807) is 0 Å². The molecular formula is C10H15ClF3N. The van der Waals surface area contributed by atoms with E-state index < -0.39 is 11.7 Å². The van der Waals surface area contributed by atoms with Gasteiger partial charge < -0.3 is 5.73 Å². The van der Waals surface area contributed by atoms with Crippen LogP contribution >= 0.6 is 11.6 Å². The van der Waals surface area contributed by atoms with Crippen molar-refractivity contribution in [2.75, 3.05) is 5.73 Å². The first-order valence-electron chi connectivity index (χ1n) is 4.03. The van der Waals surface area contributed by atoms with Crippen molar-refractivity contribution in [2.24, 2.45) is 0 Å². The van der Waals surface area contributed by atoms with Gasteiger partial charge in [0.1, 0.15) is 0 Å². The zero-order chi connectivity index (χ0) is 11.4. The largest absolute Gasteiger partial charge is 0.416 e. The van der Waals surface area contributed by atoms with Gasteiger partial charge in [0.15, 0.2) is 0 Å². The molecule has 0 bridgehead atoms. The van der Waals surface area contributed by atoms with Crippen LogP contribution in [0.5, 0.6) is 0 Å². The number of hydrogen-bond donors (Lipinski definition) is 1. The molecule has 0 unspecified atom stereocenters. The summed E-state index contributed by atoms with van der Waals surface area (Å²) in [5, 5.41) is -0.0117. The Balaban J connectivity index is 0. The summed E-state index contributed by atoms with van der Waals surface area (Å²) in [5.74, 6) is 0. The van der Waals surface area contributed by atoms with Gasteiger partial charge in [-0.15, -0.1) is 0 Å². The molecule has 0 atom stereocenters. The third-order valence-electron chi connectivity index (χ3n) is 1.25. The summed E-state index contributed by atoms with van der Waals surface area (Å²) in [6, 6.07) is 2.93. The van der Waals surface area contributed by atoms with Crippen LogP contribution in [0.1, 0.15) is 26.8 Å². The summed E-state index contributed by atoms with van der Waals surface area (Å²) in [5.41, 5.74) is 4.35. The lowest BCUT2D eigenvalue weighted by atomic mass is 10.2. The standard InChI is InChI=1S/C7H5ClF3N.C2H6.CH4/c8-5-1-4(7(9,10)11)2-6(12)3-5;1-2;/h1-3H,12H2;1-2H3;1H4. The average Bonchev–Trinajstić information content (AvgIpc) is 2.04. The second kappa shape index (κ2) is 6.56. The van der Waals surface area contributed by atoms with E-state index >= 15 is 0 Å². The van der Waals surface area contributed by atoms with Gasteiger partial charge in [-0.1, -0.05) is 32.9 Å². The first-order chi connectivity index (χ1) is 6.39. The summed E-state index contributed by atoms with van der Waals surface area (Å²) < 4.78 is 36.1. The van der Waals surface area contributed by atoms with Crippen LogP contribution < -0.4 is 5.73 Å². The molecule has 1 rings (SSSR count). The topological polar surface area (TPSA) is 26.0 Å². The van der Waals surface area contributed by atoms with Gasteiger partial charge in [-0.2, -0.15) is 13.2 Å². The Kier molecular flexibility index (Phi) is 7.23. The number of alkyl halides is 3. The third kappa shape index (κ3) is 5.52. The number of benzene rings is 1. The summed E-state index contributed by atoms with van der Waals surface area (Å²) in [6.07, 6.45) is -4.39. The Morgan fingerprint density at radius 1 is 1.13 bits per heavy atom. The molecular weight excluding hydrogens is 227 g/mol. The zero-order valence-corrected chi connectivity index (χ0v) is 8.58. The average molecular weight is 242 g/mol. The van der Waals surface area contributed by atoms with Crippen molar-refractivity contribution < 1.29 is 13.2 Å². The van der Waals surface area contributed by atoms with E-state index in [0.717, 1.165) is 12.1 Å². The van der Waals surface area contributed by atoms with Gasteiger partial charge >= 0.3 is 6.18 Å². The molecule has 0 heterocycles. The number of nitrogen functional groups attached to an aromatic ring is 1. The van der Waals surface area contributed by atoms with Crippen molar-refractivity contribution >= 4 is 17.3 Å². The van der Waals surface area contributed by atoms with Crippen LogP contribution in [0, 0.1) is 0 Å². The van der Waals surface area contributed by atoms with Gasteiger partial charge in [-0.25, -0.2) is 0 Å². The maximum atomic E-state index is 12.0. The number of rotatable bonds is 0. The van der Waals surface area contributed by atoms with Crippen LogP contribution in [0.15, 0.2) is 18.2 Å². The quantitative estimate of drug-likeness (QED) is 0.660. The highest BCUT2D eigenvalue weighted by molar-refractivity contribution is 6.30. The molecule has 0 aliphatic carbocycles. The molecule has 0 aliphatic rings. The molecule has 0 radical (unpaired) electrons. The van der Waals surface area contributed by atoms with Gasteiger partial charge in [-0.3, -0.25) is 0 Å². The van der Waals surface area contributed by atoms with E-state index in [2.05, 4.69) is 0 Å². The van der Waals surface area contributed by atoms with Gasteiger partial charge in [0.25, 0.3) is 0 Å². The molecule has 15 heavy (non-hydrogen) atoms. The fraction of sp³-hybridized carbons (Fsp3) is 0.400. The van der Waals surface area contributed by atoms with Crippen LogP contribution in [0.4, 0.5) is 18.9 Å². The van der Waals surface area contributed by atoms with E-state index in [0.29, 0.717) is 0 Å². The highest BCUT2D eigenvalue weighted by Gasteiger charge is 2.30. The molecule has 0 spiro atoms. The van der Waals surface area contributed by atoms with Crippen LogP contribution in [0.25, 0.3) is 0 Å². The minimum atomic E-state index is -4.39. The number of anilines is 1. The van der Waals surface area contributed by atoms with E-state index in [4.69, 9.17) is 17.3 Å². The molecule has 5 heteroatoms. The van der Waals surface area contributed by atoms with Gasteiger partial charge in [-0.05, 0) is 18.2 Å². The van der Waals surface area contributed by atoms with Gasteiger partial charge in [0.05, 0.1) is 5.56 Å². The van der Waals surface area contributed by atoms with Crippen molar-refractivity contribution in [1.82, 2.24) is 0 Å². The van der Waals surface area contributed by atoms with Crippen LogP contribution in [0.3, 0.4) is 0 Å². The van der Waals surface area contributed by atoms with Crippen molar-refractivity contribution in [3.63, 3.8) is 0 Å². The van der Waals surface area contributed by atoms with Gasteiger partial charge in [0, 0.05) is 10.7 Å². The second-order valence-electron chi connectivity index (χ2n) is 2.27. The van der Waals surface area contributed by atoms with E-state index in [9.17, 15) is 13.2 Å². The maximum Gasteiger partial charge on any atom is 0.416 e. The third-order valence-corrected chi connectivity index (χ3v) is 1.47. The lowest BCUT2D eigenvalue weighted by molar-refractivity contribution is -0.137. The summed E-state index contributed by atoms with van der Waals surface area (Å²) in [4.78, 5) is 0. The first kappa shape index (κ1) is 16.5. The molecule has 0 amide bonds. The molecule has 0 saturated carbocycles. The van der Waals surface area contributed by atoms with Crippen LogP contribution in [-0.4, -0.2) is 0 Å². The molecule has 0 saturated heterocycles. The Labute approximate surface area is 93.0 Å². The molecule has 0 fully saturated rings. The van der Waals surface area contributed by atoms with Crippen molar-refractivity contribution in [1.29, 1.82) is 0 Å². The number of nitrogens with two attached hydrogens (primary N) is 1. The molecule has 1 nitrogen and oxygen atoms in total. The molecule has 88 valence electrons. The summed E-state index contributed by atoms with van der Waals surface area (Å²) >= 11 is 5.38. The van der Waals surface area contributed by atoms with E-state index in [1.807, 2.05) is 13.8 Å². The van der Waals surface area contributed by atoms with Crippen LogP contribution in [-0.2, 0) is 6.18 Å². The normalized spacial score (nSPS) is 9.73. The minimum Gasteiger partial charge on any atom is -0.399 e. The monoisotopic (exact) mass is 241 g/mol. The molecule has 0 aromatic heterocycles. The SMILES string of the molecule is C.CC.Nc1cc(Cl)cc(C(F)(F)F)c1. The van der Waals surface area contributed by atoms with E-state index in [1.165, 1.54) is 6.07 Å². The van der Waals surface area contributed by atoms with E-state index in [-0.39, 0.29) is 18.1 Å². The Morgan fingerprint density at radius 2 is 1.60 bits per heavy atom. The fourth-order valence-electron chi connectivity index (χ4n) is 0.776. The number of hydrogen-bond acceptors (Lipinski definition) is 1. The Bertz CT molecular complexity index is 277. The lowest BCUT2D eigenvalue weighted by Crippen LogP contribution is -2.05. The summed E-state index contributed by atoms with van der Waals surface area (Å²) in [6.45, 7) is 4.00. The van der Waals surface area contributed by atoms with Crippen LogP contribution in [0.2, 0.25) is 5.02 Å². The fourth-order valence-corrected chi connectivity index (χ4v) is 1.02. The van der Waals surface area contributed by atoms with Gasteiger partial charge in [0.2, 0.25) is 0 Å². The predicted molar refractivity (Wildman–Crippen MR) is 58.9 cm³/mol. The Morgan fingerprint density at radius 3 is 1.93 bits per heavy atom. The lowest BCUT2D eigenvalue weighted by Gasteiger charge is -2.07. The first-order valence-corrected chi connectivity index (χ1v) is 4.40. The molecule has 1 aromatic rings. The van der Waals surface area contributed by atoms with Crippen molar-refractivity contribution in [3.8, 4) is 0 Å². The second-order valence-corrected chi connectivity index (χ2v) is 2.71. The smallest absolute Gasteiger partial charge is 0.399 e. The molecule has 2 N–H and O–H groups in total.